The Bertz CT molecular complexity index is 887. The molecule has 24 heavy (non-hydrogen) atoms. The Morgan fingerprint density at radius 3 is 2.75 bits per heavy atom. The first-order valence-corrected chi connectivity index (χ1v) is 8.34. The number of nitrogens with zero attached hydrogens (tertiary/aromatic N) is 2. The molecule has 0 aliphatic carbocycles. The van der Waals surface area contributed by atoms with Crippen LogP contribution >= 0.6 is 11.3 Å². The molecule has 0 saturated heterocycles. The monoisotopic (exact) mass is 341 g/mol. The zero-order chi connectivity index (χ0) is 16.5. The second kappa shape index (κ2) is 6.01. The molecule has 122 valence electrons. The highest BCUT2D eigenvalue weighted by atomic mass is 32.1. The standard InChI is InChI=1S/C17H15N3O3S/c1-11-15(24-17(18-11)20-6-2-3-7-20)16(21)19-12-4-5-13-14(10-12)23-9-8-22-13/h2-7,10H,8-9H2,1H3,(H,19,21). The number of rotatable bonds is 3. The van der Waals surface area contributed by atoms with Crippen molar-refractivity contribution in [1.29, 1.82) is 0 Å². The Morgan fingerprint density at radius 1 is 1.21 bits per heavy atom. The largest absolute Gasteiger partial charge is 0.486 e. The van der Waals surface area contributed by atoms with Gasteiger partial charge in [0, 0.05) is 24.1 Å². The molecule has 0 atom stereocenters. The number of fused-ring (bicyclic) bond motifs is 1. The Hall–Kier alpha value is -2.80. The van der Waals surface area contributed by atoms with Gasteiger partial charge in [0.1, 0.15) is 18.1 Å². The van der Waals surface area contributed by atoms with Crippen molar-refractivity contribution in [2.24, 2.45) is 0 Å². The zero-order valence-electron chi connectivity index (χ0n) is 13.0. The molecule has 2 aromatic heterocycles. The SMILES string of the molecule is Cc1nc(-n2cccc2)sc1C(=O)Nc1ccc2c(c1)OCCO2. The molecule has 3 heterocycles. The molecule has 0 unspecified atom stereocenters. The molecule has 0 spiro atoms. The van der Waals surface area contributed by atoms with Gasteiger partial charge in [-0.25, -0.2) is 4.98 Å². The lowest BCUT2D eigenvalue weighted by Gasteiger charge is -2.18. The van der Waals surface area contributed by atoms with Gasteiger partial charge in [-0.3, -0.25) is 4.79 Å². The minimum Gasteiger partial charge on any atom is -0.486 e. The molecule has 1 aliphatic heterocycles. The fraction of sp³-hybridized carbons (Fsp3) is 0.176. The minimum atomic E-state index is -0.180. The van der Waals surface area contributed by atoms with E-state index in [2.05, 4.69) is 10.3 Å². The molecule has 0 radical (unpaired) electrons. The van der Waals surface area contributed by atoms with Crippen LogP contribution in [0.5, 0.6) is 11.5 Å². The van der Waals surface area contributed by atoms with Gasteiger partial charge >= 0.3 is 0 Å². The summed E-state index contributed by atoms with van der Waals surface area (Å²) >= 11 is 1.36. The van der Waals surface area contributed by atoms with Crippen LogP contribution in [0.1, 0.15) is 15.4 Å². The summed E-state index contributed by atoms with van der Waals surface area (Å²) in [5, 5.41) is 3.66. The lowest BCUT2D eigenvalue weighted by molar-refractivity contribution is 0.102. The summed E-state index contributed by atoms with van der Waals surface area (Å²) in [6.07, 6.45) is 3.81. The summed E-state index contributed by atoms with van der Waals surface area (Å²) in [5.74, 6) is 1.16. The smallest absolute Gasteiger partial charge is 0.267 e. The molecule has 4 rings (SSSR count). The molecule has 0 bridgehead atoms. The first kappa shape index (κ1) is 14.8. The van der Waals surface area contributed by atoms with Gasteiger partial charge in [-0.15, -0.1) is 0 Å². The third kappa shape index (κ3) is 2.74. The Balaban J connectivity index is 1.56. The fourth-order valence-corrected chi connectivity index (χ4v) is 3.40. The van der Waals surface area contributed by atoms with E-state index in [0.717, 1.165) is 5.13 Å². The van der Waals surface area contributed by atoms with Crippen LogP contribution in [0, 0.1) is 6.92 Å². The number of aryl methyl sites for hydroxylation is 1. The highest BCUT2D eigenvalue weighted by Gasteiger charge is 2.18. The van der Waals surface area contributed by atoms with E-state index in [1.165, 1.54) is 11.3 Å². The zero-order valence-corrected chi connectivity index (χ0v) is 13.8. The van der Waals surface area contributed by atoms with Crippen LogP contribution in [-0.2, 0) is 0 Å². The van der Waals surface area contributed by atoms with E-state index < -0.39 is 0 Å². The molecular weight excluding hydrogens is 326 g/mol. The van der Waals surface area contributed by atoms with Crippen LogP contribution < -0.4 is 14.8 Å². The minimum absolute atomic E-state index is 0.180. The number of carbonyl (C=O) groups is 1. The average Bonchev–Trinajstić information content (AvgIpc) is 3.24. The highest BCUT2D eigenvalue weighted by Crippen LogP contribution is 2.33. The molecule has 1 N–H and O–H groups in total. The summed E-state index contributed by atoms with van der Waals surface area (Å²) in [4.78, 5) is 17.6. The van der Waals surface area contributed by atoms with Crippen molar-refractivity contribution < 1.29 is 14.3 Å². The van der Waals surface area contributed by atoms with E-state index in [9.17, 15) is 4.79 Å². The van der Waals surface area contributed by atoms with Gasteiger partial charge in [0.05, 0.1) is 5.69 Å². The summed E-state index contributed by atoms with van der Waals surface area (Å²) in [6, 6.07) is 9.22. The number of carbonyl (C=O) groups excluding carboxylic acids is 1. The van der Waals surface area contributed by atoms with Gasteiger partial charge in [-0.05, 0) is 31.2 Å². The number of nitrogens with one attached hydrogen (secondary N) is 1. The van der Waals surface area contributed by atoms with Crippen LogP contribution in [-0.4, -0.2) is 28.7 Å². The molecule has 0 saturated carbocycles. The fourth-order valence-electron chi connectivity index (χ4n) is 2.47. The highest BCUT2D eigenvalue weighted by molar-refractivity contribution is 7.16. The molecular formula is C17H15N3O3S. The van der Waals surface area contributed by atoms with Crippen molar-refractivity contribution in [3.05, 3.63) is 53.3 Å². The molecule has 1 aliphatic rings. The third-order valence-corrected chi connectivity index (χ3v) is 4.79. The van der Waals surface area contributed by atoms with E-state index in [0.29, 0.717) is 41.0 Å². The van der Waals surface area contributed by atoms with Crippen molar-refractivity contribution in [2.45, 2.75) is 6.92 Å². The maximum atomic E-state index is 12.6. The van der Waals surface area contributed by atoms with E-state index >= 15 is 0 Å². The first-order valence-electron chi connectivity index (χ1n) is 7.52. The van der Waals surface area contributed by atoms with Crippen molar-refractivity contribution in [3.63, 3.8) is 0 Å². The molecule has 1 aromatic carbocycles. The number of hydrogen-bond acceptors (Lipinski definition) is 5. The maximum Gasteiger partial charge on any atom is 0.267 e. The van der Waals surface area contributed by atoms with Crippen molar-refractivity contribution in [1.82, 2.24) is 9.55 Å². The summed E-state index contributed by atoms with van der Waals surface area (Å²) < 4.78 is 12.9. The second-order valence-corrected chi connectivity index (χ2v) is 6.29. The maximum absolute atomic E-state index is 12.6. The quantitative estimate of drug-likeness (QED) is 0.794. The predicted octanol–water partition coefficient (Wildman–Crippen LogP) is 3.27. The van der Waals surface area contributed by atoms with E-state index in [1.807, 2.05) is 36.0 Å². The molecule has 1 amide bonds. The number of hydrogen-bond donors (Lipinski definition) is 1. The first-order chi connectivity index (χ1) is 11.7. The Morgan fingerprint density at radius 2 is 1.96 bits per heavy atom. The van der Waals surface area contributed by atoms with Crippen LogP contribution in [0.15, 0.2) is 42.7 Å². The van der Waals surface area contributed by atoms with Gasteiger partial charge < -0.3 is 19.4 Å². The number of benzene rings is 1. The van der Waals surface area contributed by atoms with Crippen LogP contribution in [0.3, 0.4) is 0 Å². The van der Waals surface area contributed by atoms with Gasteiger partial charge in [-0.1, -0.05) is 11.3 Å². The van der Waals surface area contributed by atoms with Crippen molar-refractivity contribution in [2.75, 3.05) is 18.5 Å². The van der Waals surface area contributed by atoms with Gasteiger partial charge in [0.2, 0.25) is 0 Å². The van der Waals surface area contributed by atoms with Gasteiger partial charge in [-0.2, -0.15) is 0 Å². The van der Waals surface area contributed by atoms with Crippen LogP contribution in [0.4, 0.5) is 5.69 Å². The number of thiazole rings is 1. The Kier molecular flexibility index (Phi) is 3.70. The van der Waals surface area contributed by atoms with E-state index in [1.54, 1.807) is 18.2 Å². The average molecular weight is 341 g/mol. The normalized spacial score (nSPS) is 12.9. The van der Waals surface area contributed by atoms with Crippen LogP contribution in [0.25, 0.3) is 5.13 Å². The summed E-state index contributed by atoms with van der Waals surface area (Å²) in [7, 11) is 0. The predicted molar refractivity (Wildman–Crippen MR) is 91.6 cm³/mol. The molecule has 7 heteroatoms. The number of amides is 1. The Labute approximate surface area is 142 Å². The molecule has 6 nitrogen and oxygen atoms in total. The van der Waals surface area contributed by atoms with Crippen LogP contribution in [0.2, 0.25) is 0 Å². The number of aromatic nitrogens is 2. The molecule has 0 fully saturated rings. The third-order valence-electron chi connectivity index (χ3n) is 3.62. The molecule has 3 aromatic rings. The second-order valence-electron chi connectivity index (χ2n) is 5.31. The lowest BCUT2D eigenvalue weighted by atomic mass is 10.2. The number of anilines is 1. The topological polar surface area (TPSA) is 65.4 Å². The number of ether oxygens (including phenoxy) is 2. The van der Waals surface area contributed by atoms with Crippen molar-refractivity contribution in [3.8, 4) is 16.6 Å². The van der Waals surface area contributed by atoms with E-state index in [4.69, 9.17) is 9.47 Å². The van der Waals surface area contributed by atoms with Gasteiger partial charge in [0.15, 0.2) is 16.6 Å². The van der Waals surface area contributed by atoms with Gasteiger partial charge in [0.25, 0.3) is 5.91 Å². The van der Waals surface area contributed by atoms with E-state index in [-0.39, 0.29) is 5.91 Å². The summed E-state index contributed by atoms with van der Waals surface area (Å²) in [5.41, 5.74) is 1.37. The lowest BCUT2D eigenvalue weighted by Crippen LogP contribution is -2.16. The summed E-state index contributed by atoms with van der Waals surface area (Å²) in [6.45, 7) is 2.89. The van der Waals surface area contributed by atoms with Crippen molar-refractivity contribution >= 4 is 22.9 Å².